The second-order valence-electron chi connectivity index (χ2n) is 5.17. The Labute approximate surface area is 114 Å². The van der Waals surface area contributed by atoms with Gasteiger partial charge < -0.3 is 15.4 Å². The van der Waals surface area contributed by atoms with Gasteiger partial charge in [0, 0.05) is 24.9 Å². The summed E-state index contributed by atoms with van der Waals surface area (Å²) in [5.41, 5.74) is 5.58. The van der Waals surface area contributed by atoms with Crippen molar-refractivity contribution in [2.45, 2.75) is 49.6 Å². The summed E-state index contributed by atoms with van der Waals surface area (Å²) >= 11 is 1.92. The van der Waals surface area contributed by atoms with Gasteiger partial charge in [-0.05, 0) is 38.4 Å². The Balaban J connectivity index is 1.85. The summed E-state index contributed by atoms with van der Waals surface area (Å²) in [5.74, 6) is 0.188. The van der Waals surface area contributed by atoms with E-state index in [4.69, 9.17) is 10.5 Å². The van der Waals surface area contributed by atoms with Crippen LogP contribution in [0.1, 0.15) is 32.1 Å². The summed E-state index contributed by atoms with van der Waals surface area (Å²) in [4.78, 5) is 14.4. The number of ether oxygens (including phenoxy) is 1. The third kappa shape index (κ3) is 3.39. The van der Waals surface area contributed by atoms with E-state index in [-0.39, 0.29) is 18.1 Å². The van der Waals surface area contributed by atoms with E-state index in [9.17, 15) is 4.79 Å². The van der Waals surface area contributed by atoms with Gasteiger partial charge in [-0.2, -0.15) is 11.8 Å². The lowest BCUT2D eigenvalue weighted by Gasteiger charge is -2.24. The highest BCUT2D eigenvalue weighted by Gasteiger charge is 2.33. The monoisotopic (exact) mass is 272 g/mol. The van der Waals surface area contributed by atoms with Crippen LogP contribution >= 0.6 is 11.8 Å². The molecule has 1 amide bonds. The number of rotatable bonds is 3. The van der Waals surface area contributed by atoms with E-state index in [1.54, 1.807) is 0 Å². The number of carbonyl (C=O) groups excluding carboxylic acids is 1. The predicted octanol–water partition coefficient (Wildman–Crippen LogP) is 1.24. The standard InChI is InChI=1S/C13H24N2O2S/c1-18-11-3-2-7-15(8-6-11)13(16)12-5-4-10(9-14)17-12/h10-12H,2-9,14H2,1H3. The highest BCUT2D eigenvalue weighted by atomic mass is 32.2. The van der Waals surface area contributed by atoms with Crippen molar-refractivity contribution in [3.8, 4) is 0 Å². The molecule has 0 aromatic heterocycles. The van der Waals surface area contributed by atoms with Gasteiger partial charge in [0.1, 0.15) is 6.10 Å². The van der Waals surface area contributed by atoms with Crippen LogP contribution < -0.4 is 5.73 Å². The Hall–Kier alpha value is -0.260. The normalized spacial score (nSPS) is 33.4. The van der Waals surface area contributed by atoms with Crippen molar-refractivity contribution in [1.82, 2.24) is 4.90 Å². The smallest absolute Gasteiger partial charge is 0.251 e. The van der Waals surface area contributed by atoms with Gasteiger partial charge in [-0.3, -0.25) is 4.79 Å². The molecule has 0 aromatic rings. The van der Waals surface area contributed by atoms with E-state index in [0.717, 1.165) is 38.8 Å². The lowest BCUT2D eigenvalue weighted by Crippen LogP contribution is -2.40. The van der Waals surface area contributed by atoms with Crippen LogP contribution in [0.5, 0.6) is 0 Å². The van der Waals surface area contributed by atoms with Crippen LogP contribution in [0.25, 0.3) is 0 Å². The van der Waals surface area contributed by atoms with Crippen LogP contribution in [-0.2, 0) is 9.53 Å². The number of thioether (sulfide) groups is 1. The number of likely N-dealkylation sites (tertiary alicyclic amines) is 1. The third-order valence-corrected chi connectivity index (χ3v) is 5.10. The fraction of sp³-hybridized carbons (Fsp3) is 0.923. The fourth-order valence-electron chi connectivity index (χ4n) is 2.79. The van der Waals surface area contributed by atoms with Crippen molar-refractivity contribution in [2.24, 2.45) is 5.73 Å². The molecule has 2 heterocycles. The number of hydrogen-bond acceptors (Lipinski definition) is 4. The average Bonchev–Trinajstić information content (AvgIpc) is 2.75. The topological polar surface area (TPSA) is 55.6 Å². The minimum absolute atomic E-state index is 0.0878. The number of hydrogen-bond donors (Lipinski definition) is 1. The summed E-state index contributed by atoms with van der Waals surface area (Å²) in [6.45, 7) is 2.30. The highest BCUT2D eigenvalue weighted by Crippen LogP contribution is 2.24. The molecule has 18 heavy (non-hydrogen) atoms. The lowest BCUT2D eigenvalue weighted by atomic mass is 10.2. The Morgan fingerprint density at radius 1 is 1.33 bits per heavy atom. The first kappa shape index (κ1) is 14.2. The zero-order valence-electron chi connectivity index (χ0n) is 11.1. The Bertz CT molecular complexity index is 288. The molecule has 0 bridgehead atoms. The zero-order chi connectivity index (χ0) is 13.0. The highest BCUT2D eigenvalue weighted by molar-refractivity contribution is 7.99. The van der Waals surface area contributed by atoms with Crippen LogP contribution in [0.15, 0.2) is 0 Å². The van der Waals surface area contributed by atoms with E-state index in [0.29, 0.717) is 11.8 Å². The maximum absolute atomic E-state index is 12.4. The van der Waals surface area contributed by atoms with E-state index >= 15 is 0 Å². The van der Waals surface area contributed by atoms with E-state index < -0.39 is 0 Å². The summed E-state index contributed by atoms with van der Waals surface area (Å²) in [6.07, 6.45) is 7.23. The first-order chi connectivity index (χ1) is 8.74. The molecular formula is C13H24N2O2S. The molecule has 2 rings (SSSR count). The molecule has 3 atom stereocenters. The Morgan fingerprint density at radius 2 is 2.17 bits per heavy atom. The van der Waals surface area contributed by atoms with E-state index in [1.807, 2.05) is 16.7 Å². The van der Waals surface area contributed by atoms with Gasteiger partial charge in [0.2, 0.25) is 0 Å². The predicted molar refractivity (Wildman–Crippen MR) is 74.7 cm³/mol. The van der Waals surface area contributed by atoms with Crippen LogP contribution in [0, 0.1) is 0 Å². The minimum Gasteiger partial charge on any atom is -0.364 e. The van der Waals surface area contributed by atoms with Gasteiger partial charge in [-0.15, -0.1) is 0 Å². The van der Waals surface area contributed by atoms with Crippen LogP contribution in [0.2, 0.25) is 0 Å². The molecule has 4 nitrogen and oxygen atoms in total. The van der Waals surface area contributed by atoms with Gasteiger partial charge >= 0.3 is 0 Å². The molecule has 0 spiro atoms. The van der Waals surface area contributed by atoms with Gasteiger partial charge in [-0.1, -0.05) is 0 Å². The molecule has 5 heteroatoms. The average molecular weight is 272 g/mol. The zero-order valence-corrected chi connectivity index (χ0v) is 12.0. The van der Waals surface area contributed by atoms with Crippen molar-refractivity contribution in [1.29, 1.82) is 0 Å². The first-order valence-corrected chi connectivity index (χ1v) is 8.20. The second-order valence-corrected chi connectivity index (χ2v) is 6.31. The second kappa shape index (κ2) is 6.78. The fourth-order valence-corrected chi connectivity index (χ4v) is 3.53. The van der Waals surface area contributed by atoms with Gasteiger partial charge in [-0.25, -0.2) is 0 Å². The number of nitrogens with two attached hydrogens (primary N) is 1. The minimum atomic E-state index is -0.232. The summed E-state index contributed by atoms with van der Waals surface area (Å²) < 4.78 is 5.70. The van der Waals surface area contributed by atoms with Crippen molar-refractivity contribution in [3.63, 3.8) is 0 Å². The maximum Gasteiger partial charge on any atom is 0.251 e. The maximum atomic E-state index is 12.4. The quantitative estimate of drug-likeness (QED) is 0.840. The Kier molecular flexibility index (Phi) is 5.33. The molecule has 0 aromatic carbocycles. The molecule has 3 unspecified atom stereocenters. The Morgan fingerprint density at radius 3 is 2.83 bits per heavy atom. The number of carbonyl (C=O) groups is 1. The van der Waals surface area contributed by atoms with Crippen molar-refractivity contribution in [2.75, 3.05) is 25.9 Å². The third-order valence-electron chi connectivity index (χ3n) is 3.97. The molecule has 0 saturated carbocycles. The SMILES string of the molecule is CSC1CCCN(C(=O)C2CCC(CN)O2)CC1. The van der Waals surface area contributed by atoms with Crippen molar-refractivity contribution >= 4 is 17.7 Å². The summed E-state index contributed by atoms with van der Waals surface area (Å²) in [7, 11) is 0. The lowest BCUT2D eigenvalue weighted by molar-refractivity contribution is -0.142. The van der Waals surface area contributed by atoms with Crippen LogP contribution in [0.3, 0.4) is 0 Å². The van der Waals surface area contributed by atoms with E-state index in [1.165, 1.54) is 6.42 Å². The molecule has 2 saturated heterocycles. The van der Waals surface area contributed by atoms with Crippen molar-refractivity contribution in [3.05, 3.63) is 0 Å². The summed E-state index contributed by atoms with van der Waals surface area (Å²) in [6, 6.07) is 0. The number of amides is 1. The van der Waals surface area contributed by atoms with Crippen LogP contribution in [-0.4, -0.2) is 54.2 Å². The molecule has 0 aliphatic carbocycles. The van der Waals surface area contributed by atoms with Gasteiger partial charge in [0.25, 0.3) is 5.91 Å². The molecule has 2 N–H and O–H groups in total. The molecule has 2 aliphatic heterocycles. The van der Waals surface area contributed by atoms with Crippen molar-refractivity contribution < 1.29 is 9.53 Å². The summed E-state index contributed by atoms with van der Waals surface area (Å²) in [5, 5.41) is 0.712. The van der Waals surface area contributed by atoms with Gasteiger partial charge in [0.05, 0.1) is 6.10 Å². The number of nitrogens with zero attached hydrogens (tertiary/aromatic N) is 1. The largest absolute Gasteiger partial charge is 0.364 e. The van der Waals surface area contributed by atoms with Crippen LogP contribution in [0.4, 0.5) is 0 Å². The van der Waals surface area contributed by atoms with Gasteiger partial charge in [0.15, 0.2) is 0 Å². The molecule has 2 fully saturated rings. The van der Waals surface area contributed by atoms with E-state index in [2.05, 4.69) is 6.26 Å². The first-order valence-electron chi connectivity index (χ1n) is 6.91. The molecular weight excluding hydrogens is 248 g/mol. The molecule has 104 valence electrons. The molecule has 0 radical (unpaired) electrons. The molecule has 2 aliphatic rings.